The van der Waals surface area contributed by atoms with Gasteiger partial charge in [0.1, 0.15) is 11.5 Å². The molecule has 0 aliphatic carbocycles. The van der Waals surface area contributed by atoms with E-state index in [0.29, 0.717) is 17.4 Å². The van der Waals surface area contributed by atoms with Crippen LogP contribution >= 0.6 is 0 Å². The van der Waals surface area contributed by atoms with E-state index >= 15 is 0 Å². The second kappa shape index (κ2) is 6.68. The second-order valence-corrected chi connectivity index (χ2v) is 5.69. The third kappa shape index (κ3) is 3.46. The molecule has 2 heterocycles. The fourth-order valence-corrected chi connectivity index (χ4v) is 2.66. The quantitative estimate of drug-likeness (QED) is 0.918. The zero-order chi connectivity index (χ0) is 14.5. The predicted octanol–water partition coefficient (Wildman–Crippen LogP) is 2.56. The van der Waals surface area contributed by atoms with Gasteiger partial charge in [0, 0.05) is 19.1 Å². The lowest BCUT2D eigenvalue weighted by Gasteiger charge is -2.36. The van der Waals surface area contributed by atoms with E-state index in [0.717, 1.165) is 32.4 Å². The highest BCUT2D eigenvalue weighted by molar-refractivity contribution is 5.92. The topological polar surface area (TPSA) is 58.1 Å². The van der Waals surface area contributed by atoms with E-state index in [-0.39, 0.29) is 11.9 Å². The van der Waals surface area contributed by atoms with Crippen LogP contribution in [0.4, 0.5) is 5.82 Å². The highest BCUT2D eigenvalue weighted by Gasteiger charge is 2.28. The van der Waals surface area contributed by atoms with Crippen molar-refractivity contribution in [3.63, 3.8) is 0 Å². The molecule has 0 radical (unpaired) electrons. The molecule has 1 aromatic rings. The molecule has 0 saturated carbocycles. The summed E-state index contributed by atoms with van der Waals surface area (Å²) in [6, 6.07) is 0.278. The molecule has 1 aromatic heterocycles. The Morgan fingerprint density at radius 3 is 2.95 bits per heavy atom. The van der Waals surface area contributed by atoms with Crippen molar-refractivity contribution in [1.82, 2.24) is 14.9 Å². The molecule has 20 heavy (non-hydrogen) atoms. The summed E-state index contributed by atoms with van der Waals surface area (Å²) in [5.41, 5.74) is 0.438. The fourth-order valence-electron chi connectivity index (χ4n) is 2.66. The maximum Gasteiger partial charge on any atom is 0.274 e. The van der Waals surface area contributed by atoms with Gasteiger partial charge in [-0.25, -0.2) is 4.98 Å². The van der Waals surface area contributed by atoms with Gasteiger partial charge in [0.2, 0.25) is 0 Å². The van der Waals surface area contributed by atoms with Crippen LogP contribution in [0.25, 0.3) is 0 Å². The zero-order valence-electron chi connectivity index (χ0n) is 12.6. The van der Waals surface area contributed by atoms with Crippen molar-refractivity contribution in [2.24, 2.45) is 5.92 Å². The van der Waals surface area contributed by atoms with E-state index in [1.807, 2.05) is 4.90 Å². The minimum atomic E-state index is -0.00273. The lowest BCUT2D eigenvalue weighted by Crippen LogP contribution is -2.44. The third-order valence-corrected chi connectivity index (χ3v) is 3.81. The summed E-state index contributed by atoms with van der Waals surface area (Å²) in [7, 11) is 0. The summed E-state index contributed by atoms with van der Waals surface area (Å²) < 4.78 is 0. The summed E-state index contributed by atoms with van der Waals surface area (Å²) in [6.45, 7) is 8.10. The van der Waals surface area contributed by atoms with Gasteiger partial charge in [0.25, 0.3) is 5.91 Å². The Morgan fingerprint density at radius 2 is 2.25 bits per heavy atom. The molecule has 0 spiro atoms. The molecule has 2 rings (SSSR count). The Labute approximate surface area is 120 Å². The first-order valence-corrected chi connectivity index (χ1v) is 7.48. The molecule has 5 nitrogen and oxygen atoms in total. The van der Waals surface area contributed by atoms with Gasteiger partial charge in [-0.15, -0.1) is 0 Å². The van der Waals surface area contributed by atoms with E-state index in [4.69, 9.17) is 0 Å². The molecule has 1 fully saturated rings. The van der Waals surface area contributed by atoms with Crippen LogP contribution in [0.15, 0.2) is 12.4 Å². The van der Waals surface area contributed by atoms with E-state index in [2.05, 4.69) is 36.1 Å². The smallest absolute Gasteiger partial charge is 0.274 e. The Balaban J connectivity index is 2.08. The van der Waals surface area contributed by atoms with Crippen LogP contribution in [-0.4, -0.2) is 39.9 Å². The highest BCUT2D eigenvalue weighted by Crippen LogP contribution is 2.23. The van der Waals surface area contributed by atoms with Gasteiger partial charge < -0.3 is 10.2 Å². The molecule has 2 atom stereocenters. The van der Waals surface area contributed by atoms with Crippen LogP contribution in [0.2, 0.25) is 0 Å². The third-order valence-electron chi connectivity index (χ3n) is 3.81. The van der Waals surface area contributed by atoms with Gasteiger partial charge in [-0.1, -0.05) is 13.8 Å². The van der Waals surface area contributed by atoms with Gasteiger partial charge in [-0.3, -0.25) is 9.78 Å². The summed E-state index contributed by atoms with van der Waals surface area (Å²) >= 11 is 0. The van der Waals surface area contributed by atoms with Crippen molar-refractivity contribution < 1.29 is 4.79 Å². The molecule has 110 valence electrons. The number of rotatable bonds is 4. The SMILES string of the molecule is CCCNc1cncc(C(=O)N2CCC(C)CC2C)n1. The van der Waals surface area contributed by atoms with E-state index < -0.39 is 0 Å². The molecule has 2 unspecified atom stereocenters. The number of aromatic nitrogens is 2. The first-order chi connectivity index (χ1) is 9.61. The minimum absolute atomic E-state index is 0.00273. The van der Waals surface area contributed by atoms with Crippen LogP contribution in [0.3, 0.4) is 0 Å². The average molecular weight is 276 g/mol. The van der Waals surface area contributed by atoms with Gasteiger partial charge >= 0.3 is 0 Å². The Bertz CT molecular complexity index is 463. The Hall–Kier alpha value is -1.65. The summed E-state index contributed by atoms with van der Waals surface area (Å²) in [5, 5.41) is 3.17. The van der Waals surface area contributed by atoms with Gasteiger partial charge in [-0.05, 0) is 32.1 Å². The molecule has 1 aliphatic heterocycles. The number of likely N-dealkylation sites (tertiary alicyclic amines) is 1. The molecule has 1 aliphatic rings. The average Bonchev–Trinajstić information content (AvgIpc) is 2.45. The molecule has 0 bridgehead atoms. The number of carbonyl (C=O) groups is 1. The second-order valence-electron chi connectivity index (χ2n) is 5.69. The minimum Gasteiger partial charge on any atom is -0.369 e. The van der Waals surface area contributed by atoms with Crippen molar-refractivity contribution in [3.05, 3.63) is 18.1 Å². The molecular formula is C15H24N4O. The maximum absolute atomic E-state index is 12.5. The summed E-state index contributed by atoms with van der Waals surface area (Å²) in [4.78, 5) is 23.0. The number of hydrogen-bond donors (Lipinski definition) is 1. The standard InChI is InChI=1S/C15H24N4O/c1-4-6-17-14-10-16-9-13(18-14)15(20)19-7-5-11(2)8-12(19)3/h9-12H,4-8H2,1-3H3,(H,17,18). The Kier molecular flexibility index (Phi) is 4.93. The first-order valence-electron chi connectivity index (χ1n) is 7.48. The molecular weight excluding hydrogens is 252 g/mol. The number of anilines is 1. The summed E-state index contributed by atoms with van der Waals surface area (Å²) in [5.74, 6) is 1.37. The Morgan fingerprint density at radius 1 is 1.45 bits per heavy atom. The van der Waals surface area contributed by atoms with Crippen molar-refractivity contribution in [1.29, 1.82) is 0 Å². The highest BCUT2D eigenvalue weighted by atomic mass is 16.2. The van der Waals surface area contributed by atoms with Crippen molar-refractivity contribution in [2.45, 2.75) is 46.1 Å². The van der Waals surface area contributed by atoms with E-state index in [9.17, 15) is 4.79 Å². The number of amides is 1. The lowest BCUT2D eigenvalue weighted by molar-refractivity contribution is 0.0582. The lowest BCUT2D eigenvalue weighted by atomic mass is 9.93. The van der Waals surface area contributed by atoms with Crippen molar-refractivity contribution in [3.8, 4) is 0 Å². The maximum atomic E-state index is 12.5. The number of carbonyl (C=O) groups excluding carboxylic acids is 1. The normalized spacial score (nSPS) is 22.6. The fraction of sp³-hybridized carbons (Fsp3) is 0.667. The van der Waals surface area contributed by atoms with Crippen LogP contribution < -0.4 is 5.32 Å². The molecule has 1 N–H and O–H groups in total. The van der Waals surface area contributed by atoms with Crippen molar-refractivity contribution >= 4 is 11.7 Å². The summed E-state index contributed by atoms with van der Waals surface area (Å²) in [6.07, 6.45) is 6.36. The zero-order valence-corrected chi connectivity index (χ0v) is 12.6. The van der Waals surface area contributed by atoms with Crippen LogP contribution in [-0.2, 0) is 0 Å². The van der Waals surface area contributed by atoms with E-state index in [1.165, 1.54) is 0 Å². The number of piperidine rings is 1. The van der Waals surface area contributed by atoms with Gasteiger partial charge in [0.15, 0.2) is 0 Å². The number of hydrogen-bond acceptors (Lipinski definition) is 4. The molecule has 5 heteroatoms. The number of nitrogens with zero attached hydrogens (tertiary/aromatic N) is 3. The van der Waals surface area contributed by atoms with Gasteiger partial charge in [-0.2, -0.15) is 0 Å². The molecule has 1 saturated heterocycles. The van der Waals surface area contributed by atoms with Crippen LogP contribution in [0.1, 0.15) is 50.5 Å². The number of nitrogens with one attached hydrogen (secondary N) is 1. The van der Waals surface area contributed by atoms with Gasteiger partial charge in [0.05, 0.1) is 12.4 Å². The monoisotopic (exact) mass is 276 g/mol. The van der Waals surface area contributed by atoms with Crippen molar-refractivity contribution in [2.75, 3.05) is 18.4 Å². The molecule has 0 aromatic carbocycles. The first kappa shape index (κ1) is 14.8. The largest absolute Gasteiger partial charge is 0.369 e. The van der Waals surface area contributed by atoms with Crippen LogP contribution in [0, 0.1) is 5.92 Å². The van der Waals surface area contributed by atoms with E-state index in [1.54, 1.807) is 12.4 Å². The molecule has 1 amide bonds. The van der Waals surface area contributed by atoms with Crippen LogP contribution in [0.5, 0.6) is 0 Å². The predicted molar refractivity (Wildman–Crippen MR) is 79.7 cm³/mol.